The van der Waals surface area contributed by atoms with E-state index >= 15 is 0 Å². The smallest absolute Gasteiger partial charge is 0.330 e. The molecule has 0 fully saturated rings. The second-order valence-electron chi connectivity index (χ2n) is 5.01. The Bertz CT molecular complexity index is 729. The maximum atomic E-state index is 11.9. The van der Waals surface area contributed by atoms with Crippen LogP contribution in [0.3, 0.4) is 0 Å². The maximum absolute atomic E-state index is 11.9. The Balaban J connectivity index is 2.27. The van der Waals surface area contributed by atoms with Crippen LogP contribution in [0.4, 0.5) is 11.5 Å². The SMILES string of the molecule is CCCn1c(N)c(NCc2ccc(C)cc2)c(=O)[nH]c1=O. The van der Waals surface area contributed by atoms with E-state index in [1.54, 1.807) is 0 Å². The molecule has 0 saturated heterocycles. The number of nitrogens with one attached hydrogen (secondary N) is 2. The van der Waals surface area contributed by atoms with Gasteiger partial charge in [0.25, 0.3) is 5.56 Å². The van der Waals surface area contributed by atoms with Crippen molar-refractivity contribution in [3.8, 4) is 0 Å². The highest BCUT2D eigenvalue weighted by Gasteiger charge is 2.11. The summed E-state index contributed by atoms with van der Waals surface area (Å²) in [5, 5.41) is 3.01. The quantitative estimate of drug-likeness (QED) is 0.776. The van der Waals surface area contributed by atoms with Gasteiger partial charge < -0.3 is 11.1 Å². The van der Waals surface area contributed by atoms with Gasteiger partial charge in [-0.05, 0) is 18.9 Å². The Kier molecular flexibility index (Phi) is 4.47. The van der Waals surface area contributed by atoms with Crippen molar-refractivity contribution in [2.45, 2.75) is 33.4 Å². The van der Waals surface area contributed by atoms with E-state index < -0.39 is 11.2 Å². The van der Waals surface area contributed by atoms with E-state index in [9.17, 15) is 9.59 Å². The highest BCUT2D eigenvalue weighted by atomic mass is 16.2. The van der Waals surface area contributed by atoms with Gasteiger partial charge in [-0.1, -0.05) is 36.8 Å². The molecule has 2 rings (SSSR count). The monoisotopic (exact) mass is 288 g/mol. The minimum atomic E-state index is -0.489. The number of aromatic amines is 1. The number of hydrogen-bond donors (Lipinski definition) is 3. The number of nitrogen functional groups attached to an aromatic ring is 1. The van der Waals surface area contributed by atoms with Crippen molar-refractivity contribution in [1.29, 1.82) is 0 Å². The average molecular weight is 288 g/mol. The van der Waals surface area contributed by atoms with Gasteiger partial charge in [0.2, 0.25) is 0 Å². The third kappa shape index (κ3) is 3.34. The van der Waals surface area contributed by atoms with Gasteiger partial charge in [-0.2, -0.15) is 0 Å². The molecule has 0 spiro atoms. The van der Waals surface area contributed by atoms with Crippen LogP contribution in [-0.2, 0) is 13.1 Å². The number of nitrogens with two attached hydrogens (primary N) is 1. The molecule has 0 aliphatic carbocycles. The number of aromatic nitrogens is 2. The summed E-state index contributed by atoms with van der Waals surface area (Å²) >= 11 is 0. The van der Waals surface area contributed by atoms with E-state index in [4.69, 9.17) is 5.73 Å². The Labute approximate surface area is 122 Å². The fourth-order valence-corrected chi connectivity index (χ4v) is 2.10. The molecule has 6 nitrogen and oxygen atoms in total. The molecule has 1 heterocycles. The maximum Gasteiger partial charge on any atom is 0.330 e. The first-order valence-electron chi connectivity index (χ1n) is 6.95. The summed E-state index contributed by atoms with van der Waals surface area (Å²) in [6.07, 6.45) is 0.757. The van der Waals surface area contributed by atoms with E-state index in [2.05, 4.69) is 10.3 Å². The summed E-state index contributed by atoms with van der Waals surface area (Å²) in [6, 6.07) is 7.97. The lowest BCUT2D eigenvalue weighted by molar-refractivity contribution is 0.642. The average Bonchev–Trinajstić information content (AvgIpc) is 2.45. The van der Waals surface area contributed by atoms with E-state index in [1.807, 2.05) is 38.1 Å². The van der Waals surface area contributed by atoms with Gasteiger partial charge >= 0.3 is 5.69 Å². The fraction of sp³-hybridized carbons (Fsp3) is 0.333. The summed E-state index contributed by atoms with van der Waals surface area (Å²) < 4.78 is 1.37. The van der Waals surface area contributed by atoms with E-state index in [0.717, 1.165) is 12.0 Å². The number of anilines is 2. The Morgan fingerprint density at radius 3 is 2.52 bits per heavy atom. The van der Waals surface area contributed by atoms with Crippen LogP contribution in [0.15, 0.2) is 33.9 Å². The van der Waals surface area contributed by atoms with Crippen molar-refractivity contribution in [3.05, 3.63) is 56.2 Å². The van der Waals surface area contributed by atoms with Crippen molar-refractivity contribution >= 4 is 11.5 Å². The van der Waals surface area contributed by atoms with Crippen LogP contribution in [0, 0.1) is 6.92 Å². The zero-order valence-corrected chi connectivity index (χ0v) is 12.3. The Hall–Kier alpha value is -2.50. The molecule has 0 bridgehead atoms. The lowest BCUT2D eigenvalue weighted by Gasteiger charge is -2.13. The number of benzene rings is 1. The van der Waals surface area contributed by atoms with Gasteiger partial charge in [-0.25, -0.2) is 4.79 Å². The van der Waals surface area contributed by atoms with E-state index in [0.29, 0.717) is 13.1 Å². The van der Waals surface area contributed by atoms with Gasteiger partial charge in [0.05, 0.1) is 0 Å². The van der Waals surface area contributed by atoms with Crippen LogP contribution in [-0.4, -0.2) is 9.55 Å². The Morgan fingerprint density at radius 2 is 1.90 bits per heavy atom. The van der Waals surface area contributed by atoms with Crippen LogP contribution in [0.2, 0.25) is 0 Å². The van der Waals surface area contributed by atoms with Crippen molar-refractivity contribution in [2.24, 2.45) is 0 Å². The minimum Gasteiger partial charge on any atom is -0.383 e. The summed E-state index contributed by atoms with van der Waals surface area (Å²) in [5.41, 5.74) is 7.43. The molecular weight excluding hydrogens is 268 g/mol. The van der Waals surface area contributed by atoms with Crippen LogP contribution < -0.4 is 22.3 Å². The number of hydrogen-bond acceptors (Lipinski definition) is 4. The zero-order valence-electron chi connectivity index (χ0n) is 12.3. The summed E-state index contributed by atoms with van der Waals surface area (Å²) in [5.74, 6) is 0.178. The van der Waals surface area contributed by atoms with Crippen molar-refractivity contribution < 1.29 is 0 Å². The highest BCUT2D eigenvalue weighted by molar-refractivity contribution is 5.60. The van der Waals surface area contributed by atoms with Crippen molar-refractivity contribution in [3.63, 3.8) is 0 Å². The second kappa shape index (κ2) is 6.30. The molecule has 0 aliphatic heterocycles. The molecule has 1 aromatic heterocycles. The molecule has 0 unspecified atom stereocenters. The molecule has 1 aromatic carbocycles. The zero-order chi connectivity index (χ0) is 15.4. The summed E-state index contributed by atoms with van der Waals surface area (Å²) in [7, 11) is 0. The van der Waals surface area contributed by atoms with Crippen LogP contribution >= 0.6 is 0 Å². The lowest BCUT2D eigenvalue weighted by Crippen LogP contribution is -2.34. The van der Waals surface area contributed by atoms with Crippen LogP contribution in [0.1, 0.15) is 24.5 Å². The molecule has 21 heavy (non-hydrogen) atoms. The highest BCUT2D eigenvalue weighted by Crippen LogP contribution is 2.12. The molecule has 2 aromatic rings. The predicted molar refractivity (Wildman–Crippen MR) is 84.5 cm³/mol. The lowest BCUT2D eigenvalue weighted by atomic mass is 10.1. The first kappa shape index (κ1) is 14.9. The normalized spacial score (nSPS) is 10.6. The predicted octanol–water partition coefficient (Wildman–Crippen LogP) is 1.45. The van der Waals surface area contributed by atoms with Gasteiger partial charge in [0, 0.05) is 13.1 Å². The van der Waals surface area contributed by atoms with E-state index in [-0.39, 0.29) is 11.5 Å². The first-order chi connectivity index (χ1) is 10.0. The molecule has 112 valence electrons. The minimum absolute atomic E-state index is 0.178. The van der Waals surface area contributed by atoms with Crippen molar-refractivity contribution in [2.75, 3.05) is 11.1 Å². The molecule has 6 heteroatoms. The molecule has 0 atom stereocenters. The molecule has 0 radical (unpaired) electrons. The van der Waals surface area contributed by atoms with Gasteiger partial charge in [0.1, 0.15) is 11.5 Å². The number of nitrogens with zero attached hydrogens (tertiary/aromatic N) is 1. The third-order valence-corrected chi connectivity index (χ3v) is 3.28. The Morgan fingerprint density at radius 1 is 1.24 bits per heavy atom. The van der Waals surface area contributed by atoms with Gasteiger partial charge in [-0.3, -0.25) is 14.3 Å². The number of rotatable bonds is 5. The molecule has 0 saturated carbocycles. The first-order valence-corrected chi connectivity index (χ1v) is 6.95. The molecule has 0 amide bonds. The van der Waals surface area contributed by atoms with E-state index in [1.165, 1.54) is 10.1 Å². The molecule has 0 aliphatic rings. The standard InChI is InChI=1S/C15H20N4O2/c1-3-8-19-13(16)12(14(20)18-15(19)21)17-9-11-6-4-10(2)5-7-11/h4-7,17H,3,8-9,16H2,1-2H3,(H,18,20,21). The van der Waals surface area contributed by atoms with Gasteiger partial charge in [0.15, 0.2) is 0 Å². The third-order valence-electron chi connectivity index (χ3n) is 3.28. The molecule has 4 N–H and O–H groups in total. The largest absolute Gasteiger partial charge is 0.383 e. The second-order valence-corrected chi connectivity index (χ2v) is 5.01. The van der Waals surface area contributed by atoms with Crippen LogP contribution in [0.5, 0.6) is 0 Å². The fourth-order valence-electron chi connectivity index (χ4n) is 2.10. The van der Waals surface area contributed by atoms with Crippen molar-refractivity contribution in [1.82, 2.24) is 9.55 Å². The topological polar surface area (TPSA) is 92.9 Å². The molecular formula is C15H20N4O2. The number of H-pyrrole nitrogens is 1. The summed E-state index contributed by atoms with van der Waals surface area (Å²) in [6.45, 7) is 4.90. The van der Waals surface area contributed by atoms with Gasteiger partial charge in [-0.15, -0.1) is 0 Å². The van der Waals surface area contributed by atoms with Crippen LogP contribution in [0.25, 0.3) is 0 Å². The number of aryl methyl sites for hydroxylation is 1. The summed E-state index contributed by atoms with van der Waals surface area (Å²) in [4.78, 5) is 25.9.